The average Bonchev–Trinajstić information content (AvgIpc) is 2.71. The Kier molecular flexibility index (Phi) is 8.25. The molecule has 0 saturated carbocycles. The summed E-state index contributed by atoms with van der Waals surface area (Å²) >= 11 is 0. The van der Waals surface area contributed by atoms with E-state index in [1.807, 2.05) is 69.3 Å². The van der Waals surface area contributed by atoms with E-state index in [1.54, 1.807) is 11.8 Å². The Morgan fingerprint density at radius 1 is 0.966 bits per heavy atom. The second kappa shape index (κ2) is 10.6. The number of hydrogen-bond acceptors (Lipinski definition) is 3. The van der Waals surface area contributed by atoms with Crippen molar-refractivity contribution >= 4 is 11.8 Å². The molecule has 5 nitrogen and oxygen atoms in total. The molecule has 2 aromatic rings. The molecule has 29 heavy (non-hydrogen) atoms. The predicted octanol–water partition coefficient (Wildman–Crippen LogP) is 3.88. The Morgan fingerprint density at radius 3 is 2.10 bits per heavy atom. The van der Waals surface area contributed by atoms with Gasteiger partial charge in [0.25, 0.3) is 5.91 Å². The molecule has 2 rings (SSSR count). The summed E-state index contributed by atoms with van der Waals surface area (Å²) < 4.78 is 5.69. The fourth-order valence-corrected chi connectivity index (χ4v) is 2.93. The Hall–Kier alpha value is -2.82. The van der Waals surface area contributed by atoms with Crippen molar-refractivity contribution in [2.24, 2.45) is 0 Å². The molecule has 0 unspecified atom stereocenters. The highest BCUT2D eigenvalue weighted by Gasteiger charge is 2.26. The Bertz CT molecular complexity index is 798. The van der Waals surface area contributed by atoms with Crippen molar-refractivity contribution in [3.63, 3.8) is 0 Å². The number of rotatable bonds is 9. The van der Waals surface area contributed by atoms with Gasteiger partial charge < -0.3 is 15.0 Å². The van der Waals surface area contributed by atoms with Crippen LogP contribution in [-0.4, -0.2) is 35.4 Å². The molecule has 2 amide bonds. The van der Waals surface area contributed by atoms with Gasteiger partial charge >= 0.3 is 0 Å². The van der Waals surface area contributed by atoms with E-state index in [-0.39, 0.29) is 24.5 Å². The second-order valence-electron chi connectivity index (χ2n) is 7.63. The number of carbonyl (C=O) groups is 2. The van der Waals surface area contributed by atoms with Crippen LogP contribution < -0.4 is 10.1 Å². The van der Waals surface area contributed by atoms with Gasteiger partial charge in [-0.15, -0.1) is 0 Å². The van der Waals surface area contributed by atoms with Crippen LogP contribution in [0.2, 0.25) is 0 Å². The molecule has 0 radical (unpaired) electrons. The molecule has 0 fully saturated rings. The Balaban J connectivity index is 2.11. The second-order valence-corrected chi connectivity index (χ2v) is 7.63. The van der Waals surface area contributed by atoms with E-state index < -0.39 is 6.04 Å². The summed E-state index contributed by atoms with van der Waals surface area (Å²) in [4.78, 5) is 27.1. The van der Waals surface area contributed by atoms with Crippen LogP contribution >= 0.6 is 0 Å². The van der Waals surface area contributed by atoms with Crippen LogP contribution in [0.25, 0.3) is 0 Å². The maximum absolute atomic E-state index is 13.0. The fraction of sp³-hybridized carbons (Fsp3) is 0.417. The van der Waals surface area contributed by atoms with Crippen molar-refractivity contribution in [3.05, 3.63) is 65.2 Å². The molecule has 0 spiro atoms. The number of hydrogen-bond donors (Lipinski definition) is 1. The summed E-state index contributed by atoms with van der Waals surface area (Å²) in [5.74, 6) is 0.245. The third-order valence-electron chi connectivity index (χ3n) is 4.77. The van der Waals surface area contributed by atoms with Crippen molar-refractivity contribution < 1.29 is 14.3 Å². The van der Waals surface area contributed by atoms with Gasteiger partial charge in [-0.3, -0.25) is 9.59 Å². The summed E-state index contributed by atoms with van der Waals surface area (Å²) in [6.07, 6.45) is 0.950. The van der Waals surface area contributed by atoms with Gasteiger partial charge in [-0.25, -0.2) is 0 Å². The monoisotopic (exact) mass is 396 g/mol. The lowest BCUT2D eigenvalue weighted by atomic mass is 10.1. The van der Waals surface area contributed by atoms with Crippen LogP contribution in [0.1, 0.15) is 44.4 Å². The lowest BCUT2D eigenvalue weighted by Crippen LogP contribution is -2.50. The molecule has 1 N–H and O–H groups in total. The van der Waals surface area contributed by atoms with Crippen LogP contribution in [0.4, 0.5) is 0 Å². The van der Waals surface area contributed by atoms with Crippen LogP contribution in [-0.2, 0) is 22.6 Å². The lowest BCUT2D eigenvalue weighted by molar-refractivity contribution is -0.142. The molecular formula is C24H32N2O3. The zero-order chi connectivity index (χ0) is 21.4. The lowest BCUT2D eigenvalue weighted by Gasteiger charge is -2.29. The summed E-state index contributed by atoms with van der Waals surface area (Å²) in [6, 6.07) is 15.1. The molecule has 0 aliphatic rings. The standard InChI is InChI=1S/C24H32N2O3/c1-6-20-11-13-22(14-12-20)29-16-23(27)26(19(5)24(28)25-17(2)3)15-21-9-7-18(4)8-10-21/h7-14,17,19H,6,15-16H2,1-5H3,(H,25,28)/t19-/m0/s1. The first-order valence-corrected chi connectivity index (χ1v) is 10.2. The van der Waals surface area contributed by atoms with Crippen molar-refractivity contribution in [1.82, 2.24) is 10.2 Å². The molecular weight excluding hydrogens is 364 g/mol. The molecule has 0 aromatic heterocycles. The third kappa shape index (κ3) is 6.93. The number of benzene rings is 2. The van der Waals surface area contributed by atoms with Gasteiger partial charge in [0, 0.05) is 12.6 Å². The summed E-state index contributed by atoms with van der Waals surface area (Å²) in [7, 11) is 0. The van der Waals surface area contributed by atoms with Crippen LogP contribution in [0.15, 0.2) is 48.5 Å². The van der Waals surface area contributed by atoms with E-state index in [0.29, 0.717) is 12.3 Å². The summed E-state index contributed by atoms with van der Waals surface area (Å²) in [6.45, 7) is 9.90. The Morgan fingerprint density at radius 2 is 1.55 bits per heavy atom. The molecule has 0 heterocycles. The third-order valence-corrected chi connectivity index (χ3v) is 4.77. The highest BCUT2D eigenvalue weighted by Crippen LogP contribution is 2.15. The van der Waals surface area contributed by atoms with Gasteiger partial charge in [0.05, 0.1) is 0 Å². The minimum Gasteiger partial charge on any atom is -0.484 e. The van der Waals surface area contributed by atoms with Crippen molar-refractivity contribution in [2.75, 3.05) is 6.61 Å². The highest BCUT2D eigenvalue weighted by molar-refractivity contribution is 5.88. The SMILES string of the molecule is CCc1ccc(OCC(=O)N(Cc2ccc(C)cc2)[C@@H](C)C(=O)NC(C)C)cc1. The zero-order valence-electron chi connectivity index (χ0n) is 18.1. The first kappa shape index (κ1) is 22.5. The van der Waals surface area contributed by atoms with E-state index in [4.69, 9.17) is 4.74 Å². The molecule has 1 atom stereocenters. The quantitative estimate of drug-likeness (QED) is 0.700. The van der Waals surface area contributed by atoms with Crippen LogP contribution in [0.5, 0.6) is 5.75 Å². The smallest absolute Gasteiger partial charge is 0.261 e. The van der Waals surface area contributed by atoms with E-state index >= 15 is 0 Å². The molecule has 0 aliphatic carbocycles. The fourth-order valence-electron chi connectivity index (χ4n) is 2.93. The highest BCUT2D eigenvalue weighted by atomic mass is 16.5. The van der Waals surface area contributed by atoms with Crippen molar-refractivity contribution in [2.45, 2.75) is 59.7 Å². The normalized spacial score (nSPS) is 11.8. The number of aryl methyl sites for hydroxylation is 2. The molecule has 2 aromatic carbocycles. The number of amides is 2. The van der Waals surface area contributed by atoms with Crippen molar-refractivity contribution in [1.29, 1.82) is 0 Å². The zero-order valence-corrected chi connectivity index (χ0v) is 18.1. The molecule has 5 heteroatoms. The first-order chi connectivity index (χ1) is 13.8. The van der Waals surface area contributed by atoms with E-state index in [2.05, 4.69) is 12.2 Å². The predicted molar refractivity (Wildman–Crippen MR) is 116 cm³/mol. The van der Waals surface area contributed by atoms with Crippen LogP contribution in [0, 0.1) is 6.92 Å². The van der Waals surface area contributed by atoms with Crippen molar-refractivity contribution in [3.8, 4) is 5.75 Å². The number of ether oxygens (including phenoxy) is 1. The van der Waals surface area contributed by atoms with Gasteiger partial charge in [-0.05, 0) is 57.4 Å². The average molecular weight is 397 g/mol. The van der Waals surface area contributed by atoms with Gasteiger partial charge in [0.2, 0.25) is 5.91 Å². The minimum absolute atomic E-state index is 0.00890. The van der Waals surface area contributed by atoms with Gasteiger partial charge in [-0.1, -0.05) is 48.9 Å². The van der Waals surface area contributed by atoms with Crippen LogP contribution in [0.3, 0.4) is 0 Å². The molecule has 0 saturated heterocycles. The van der Waals surface area contributed by atoms with Gasteiger partial charge in [0.1, 0.15) is 11.8 Å². The van der Waals surface area contributed by atoms with E-state index in [0.717, 1.165) is 17.5 Å². The Labute approximate surface area is 174 Å². The number of nitrogens with one attached hydrogen (secondary N) is 1. The maximum atomic E-state index is 13.0. The summed E-state index contributed by atoms with van der Waals surface area (Å²) in [5.41, 5.74) is 3.33. The number of carbonyl (C=O) groups excluding carboxylic acids is 2. The molecule has 0 aliphatic heterocycles. The molecule has 0 bridgehead atoms. The summed E-state index contributed by atoms with van der Waals surface area (Å²) in [5, 5.41) is 2.89. The van der Waals surface area contributed by atoms with Gasteiger partial charge in [0.15, 0.2) is 6.61 Å². The topological polar surface area (TPSA) is 58.6 Å². The minimum atomic E-state index is -0.600. The van der Waals surface area contributed by atoms with E-state index in [1.165, 1.54) is 5.56 Å². The maximum Gasteiger partial charge on any atom is 0.261 e. The largest absolute Gasteiger partial charge is 0.484 e. The number of nitrogens with zero attached hydrogens (tertiary/aromatic N) is 1. The first-order valence-electron chi connectivity index (χ1n) is 10.2. The molecule has 156 valence electrons. The van der Waals surface area contributed by atoms with Gasteiger partial charge in [-0.2, -0.15) is 0 Å². The van der Waals surface area contributed by atoms with E-state index in [9.17, 15) is 9.59 Å².